The van der Waals surface area contributed by atoms with Crippen molar-refractivity contribution >= 4 is 11.6 Å². The van der Waals surface area contributed by atoms with Crippen LogP contribution in [0, 0.1) is 5.41 Å². The molecule has 0 unspecified atom stereocenters. The summed E-state index contributed by atoms with van der Waals surface area (Å²) < 4.78 is 0. The Hall–Kier alpha value is -0.900. The third kappa shape index (κ3) is 1.70. The van der Waals surface area contributed by atoms with Crippen molar-refractivity contribution in [1.29, 1.82) is 5.41 Å². The minimum atomic E-state index is -0.324. The molecule has 0 atom stereocenters. The predicted molar refractivity (Wildman–Crippen MR) is 30.4 cm³/mol. The fraction of sp³-hybridized carbons (Fsp3) is 0.500. The summed E-state index contributed by atoms with van der Waals surface area (Å²) in [4.78, 5) is 10.2. The van der Waals surface area contributed by atoms with Crippen molar-refractivity contribution in [2.75, 3.05) is 7.05 Å². The van der Waals surface area contributed by atoms with E-state index in [1.807, 2.05) is 0 Å². The van der Waals surface area contributed by atoms with Gasteiger partial charge in [0.25, 0.3) is 0 Å². The van der Waals surface area contributed by atoms with Crippen LogP contribution in [0.3, 0.4) is 0 Å². The quantitative estimate of drug-likeness (QED) is 0.206. The zero-order valence-corrected chi connectivity index (χ0v) is 4.93. The number of nitrogens with one attached hydrogen (secondary N) is 1. The number of nitrogens with two attached hydrogens (primary N) is 1. The molecule has 0 aliphatic carbocycles. The highest BCUT2D eigenvalue weighted by Gasteiger charge is 2.02. The fourth-order valence-corrected chi connectivity index (χ4v) is 0.248. The highest BCUT2D eigenvalue weighted by Crippen LogP contribution is 1.75. The highest BCUT2D eigenvalue weighted by molar-refractivity contribution is 6.36. The first-order valence-electron chi connectivity index (χ1n) is 2.13. The maximum absolute atomic E-state index is 10.2. The second kappa shape index (κ2) is 2.42. The van der Waals surface area contributed by atoms with Crippen molar-refractivity contribution < 1.29 is 4.79 Å². The second-order valence-corrected chi connectivity index (χ2v) is 1.52. The van der Waals surface area contributed by atoms with Gasteiger partial charge in [0, 0.05) is 14.0 Å². The van der Waals surface area contributed by atoms with Crippen LogP contribution in [0.2, 0.25) is 0 Å². The van der Waals surface area contributed by atoms with E-state index in [9.17, 15) is 4.79 Å². The maximum atomic E-state index is 10.2. The first-order chi connectivity index (χ1) is 3.55. The number of hydrazine groups is 1. The normalized spacial score (nSPS) is 8.38. The Morgan fingerprint density at radius 2 is 2.12 bits per heavy atom. The largest absolute Gasteiger partial charge is 0.295 e. The Bertz CT molecular complexity index is 118. The van der Waals surface area contributed by atoms with Gasteiger partial charge >= 0.3 is 0 Å². The number of nitrogens with zero attached hydrogens (tertiary/aromatic N) is 1. The first kappa shape index (κ1) is 7.10. The van der Waals surface area contributed by atoms with E-state index in [1.165, 1.54) is 14.0 Å². The lowest BCUT2D eigenvalue weighted by Crippen LogP contribution is -2.36. The van der Waals surface area contributed by atoms with Crippen LogP contribution in [-0.4, -0.2) is 23.7 Å². The number of amidine groups is 1. The molecule has 0 radical (unpaired) electrons. The lowest BCUT2D eigenvalue weighted by molar-refractivity contribution is -0.111. The second-order valence-electron chi connectivity index (χ2n) is 1.52. The molecule has 0 spiro atoms. The van der Waals surface area contributed by atoms with Gasteiger partial charge in [0.15, 0.2) is 11.6 Å². The Balaban J connectivity index is 3.84. The molecular weight excluding hydrogens is 106 g/mol. The van der Waals surface area contributed by atoms with Crippen LogP contribution in [0.15, 0.2) is 0 Å². The molecule has 3 N–H and O–H groups in total. The number of hydrogen-bond donors (Lipinski definition) is 2. The molecule has 0 aromatic heterocycles. The van der Waals surface area contributed by atoms with Gasteiger partial charge in [-0.2, -0.15) is 0 Å². The van der Waals surface area contributed by atoms with E-state index in [2.05, 4.69) is 0 Å². The lowest BCUT2D eigenvalue weighted by Gasteiger charge is -2.08. The molecule has 4 nitrogen and oxygen atoms in total. The van der Waals surface area contributed by atoms with E-state index >= 15 is 0 Å². The van der Waals surface area contributed by atoms with Crippen molar-refractivity contribution in [2.24, 2.45) is 5.84 Å². The minimum absolute atomic E-state index is 0.176. The van der Waals surface area contributed by atoms with Crippen molar-refractivity contribution in [3.63, 3.8) is 0 Å². The molecule has 0 aliphatic rings. The Labute approximate surface area is 47.8 Å². The van der Waals surface area contributed by atoms with Gasteiger partial charge < -0.3 is 0 Å². The molecule has 0 fully saturated rings. The third-order valence-electron chi connectivity index (χ3n) is 0.686. The molecule has 8 heavy (non-hydrogen) atoms. The summed E-state index contributed by atoms with van der Waals surface area (Å²) >= 11 is 0. The van der Waals surface area contributed by atoms with E-state index in [-0.39, 0.29) is 11.6 Å². The monoisotopic (exact) mass is 115 g/mol. The number of Topliss-reactive ketones (excluding diaryl/α,β-unsaturated/α-hetero) is 1. The van der Waals surface area contributed by atoms with E-state index in [4.69, 9.17) is 11.3 Å². The average Bonchev–Trinajstić information content (AvgIpc) is 1.64. The standard InChI is InChI=1S/C4H9N3O/c1-3(8)4(5)7(2)6/h5H,6H2,1-2H3. The van der Waals surface area contributed by atoms with E-state index < -0.39 is 0 Å². The van der Waals surface area contributed by atoms with E-state index in [1.54, 1.807) is 0 Å². The molecule has 46 valence electrons. The summed E-state index contributed by atoms with van der Waals surface area (Å²) in [5.74, 6) is 4.52. The number of hydrogen-bond acceptors (Lipinski definition) is 3. The first-order valence-corrected chi connectivity index (χ1v) is 2.13. The molecule has 0 amide bonds. The van der Waals surface area contributed by atoms with Crippen molar-refractivity contribution in [2.45, 2.75) is 6.92 Å². The van der Waals surface area contributed by atoms with Crippen LogP contribution < -0.4 is 5.84 Å². The Morgan fingerprint density at radius 3 is 2.12 bits per heavy atom. The third-order valence-corrected chi connectivity index (χ3v) is 0.686. The molecule has 0 aromatic carbocycles. The fourth-order valence-electron chi connectivity index (χ4n) is 0.248. The van der Waals surface area contributed by atoms with Crippen LogP contribution in [0.25, 0.3) is 0 Å². The van der Waals surface area contributed by atoms with Gasteiger partial charge in [-0.1, -0.05) is 0 Å². The lowest BCUT2D eigenvalue weighted by atomic mass is 10.4. The highest BCUT2D eigenvalue weighted by atomic mass is 16.1. The minimum Gasteiger partial charge on any atom is -0.295 e. The van der Waals surface area contributed by atoms with Gasteiger partial charge in [-0.3, -0.25) is 15.2 Å². The summed E-state index contributed by atoms with van der Waals surface area (Å²) in [6, 6.07) is 0. The van der Waals surface area contributed by atoms with Crippen LogP contribution in [-0.2, 0) is 4.79 Å². The Morgan fingerprint density at radius 1 is 1.75 bits per heavy atom. The summed E-state index contributed by atoms with van der Waals surface area (Å²) in [5, 5.41) is 7.82. The van der Waals surface area contributed by atoms with E-state index in [0.29, 0.717) is 0 Å². The maximum Gasteiger partial charge on any atom is 0.195 e. The molecule has 0 saturated carbocycles. The van der Waals surface area contributed by atoms with Gasteiger partial charge in [0.05, 0.1) is 0 Å². The molecule has 0 rings (SSSR count). The topological polar surface area (TPSA) is 70.2 Å². The van der Waals surface area contributed by atoms with Crippen molar-refractivity contribution in [3.8, 4) is 0 Å². The van der Waals surface area contributed by atoms with Crippen molar-refractivity contribution in [1.82, 2.24) is 5.01 Å². The van der Waals surface area contributed by atoms with E-state index in [0.717, 1.165) is 5.01 Å². The molecular formula is C4H9N3O. The van der Waals surface area contributed by atoms with Gasteiger partial charge in [-0.05, 0) is 0 Å². The summed E-state index contributed by atoms with van der Waals surface area (Å²) in [6.07, 6.45) is 0. The number of likely N-dealkylation sites (N-methyl/N-ethyl adjacent to an activating group) is 1. The molecule has 0 aromatic rings. The SMILES string of the molecule is CC(=O)C(=N)N(C)N. The molecule has 0 aliphatic heterocycles. The zero-order valence-electron chi connectivity index (χ0n) is 4.93. The number of ketones is 1. The number of carbonyl (C=O) groups is 1. The van der Waals surface area contributed by atoms with Gasteiger partial charge in [-0.15, -0.1) is 0 Å². The van der Waals surface area contributed by atoms with Crippen molar-refractivity contribution in [3.05, 3.63) is 0 Å². The van der Waals surface area contributed by atoms with Crippen LogP contribution in [0.4, 0.5) is 0 Å². The van der Waals surface area contributed by atoms with Crippen LogP contribution in [0.1, 0.15) is 6.92 Å². The number of rotatable bonds is 1. The van der Waals surface area contributed by atoms with Gasteiger partial charge in [0.2, 0.25) is 0 Å². The smallest absolute Gasteiger partial charge is 0.195 e. The predicted octanol–water partition coefficient (Wildman–Crippen LogP) is -0.642. The molecule has 0 saturated heterocycles. The molecule has 4 heteroatoms. The molecule has 0 bridgehead atoms. The van der Waals surface area contributed by atoms with Crippen LogP contribution >= 0.6 is 0 Å². The number of carbonyl (C=O) groups excluding carboxylic acids is 1. The summed E-state index contributed by atoms with van der Waals surface area (Å²) in [5.41, 5.74) is 0. The molecule has 0 heterocycles. The Kier molecular flexibility index (Phi) is 2.15. The van der Waals surface area contributed by atoms with Gasteiger partial charge in [-0.25, -0.2) is 5.84 Å². The van der Waals surface area contributed by atoms with Gasteiger partial charge in [0.1, 0.15) is 0 Å². The summed E-state index contributed by atoms with van der Waals surface area (Å²) in [7, 11) is 1.45. The van der Waals surface area contributed by atoms with Crippen LogP contribution in [0.5, 0.6) is 0 Å². The summed E-state index contributed by atoms with van der Waals surface area (Å²) in [6.45, 7) is 1.30. The average molecular weight is 115 g/mol. The zero-order chi connectivity index (χ0) is 6.73.